The molecule has 0 amide bonds. The summed E-state index contributed by atoms with van der Waals surface area (Å²) in [5.74, 6) is 0.288. The number of halogens is 1. The third-order valence-corrected chi connectivity index (χ3v) is 4.44. The Labute approximate surface area is 129 Å². The first-order valence-electron chi connectivity index (χ1n) is 7.20. The monoisotopic (exact) mass is 312 g/mol. The average Bonchev–Trinajstić information content (AvgIpc) is 2.43. The summed E-state index contributed by atoms with van der Waals surface area (Å²) < 4.78 is 5.88. The van der Waals surface area contributed by atoms with E-state index in [0.29, 0.717) is 11.1 Å². The predicted molar refractivity (Wildman–Crippen MR) is 83.0 cm³/mol. The molecule has 1 N–H and O–H groups in total. The van der Waals surface area contributed by atoms with Crippen LogP contribution in [-0.4, -0.2) is 23.6 Å². The minimum Gasteiger partial charge on any atom is -0.483 e. The maximum absolute atomic E-state index is 11.1. The number of hydrogen-bond acceptors (Lipinski definition) is 4. The molecule has 0 aromatic heterocycles. The van der Waals surface area contributed by atoms with Crippen molar-refractivity contribution in [1.29, 1.82) is 0 Å². The van der Waals surface area contributed by atoms with Crippen LogP contribution in [0.25, 0.3) is 0 Å². The summed E-state index contributed by atoms with van der Waals surface area (Å²) in [7, 11) is 0. The Morgan fingerprint density at radius 2 is 2.24 bits per heavy atom. The van der Waals surface area contributed by atoms with E-state index in [9.17, 15) is 10.1 Å². The predicted octanol–water partition coefficient (Wildman–Crippen LogP) is 3.79. The highest BCUT2D eigenvalue weighted by Crippen LogP contribution is 2.44. The maximum atomic E-state index is 11.1. The summed E-state index contributed by atoms with van der Waals surface area (Å²) in [6, 6.07) is 4.90. The van der Waals surface area contributed by atoms with Crippen LogP contribution in [0.1, 0.15) is 33.6 Å². The summed E-state index contributed by atoms with van der Waals surface area (Å²) in [6.45, 7) is 7.35. The fourth-order valence-electron chi connectivity index (χ4n) is 2.64. The van der Waals surface area contributed by atoms with Crippen LogP contribution < -0.4 is 10.1 Å². The van der Waals surface area contributed by atoms with Gasteiger partial charge in [-0.05, 0) is 25.1 Å². The Balaban J connectivity index is 2.08. The third-order valence-electron chi connectivity index (χ3n) is 4.21. The van der Waals surface area contributed by atoms with E-state index in [-0.39, 0.29) is 23.0 Å². The first kappa shape index (κ1) is 16.0. The zero-order chi connectivity index (χ0) is 15.6. The third kappa shape index (κ3) is 3.30. The molecule has 5 nitrogen and oxygen atoms in total. The Morgan fingerprint density at radius 3 is 2.81 bits per heavy atom. The molecule has 1 fully saturated rings. The Bertz CT molecular complexity index is 534. The molecule has 1 aliphatic carbocycles. The molecule has 0 bridgehead atoms. The SMILES string of the molecule is CCCNC1CC(Oc2ccc(Cl)cc2[N+](=O)[O-])C1(C)C. The number of nitro groups is 1. The second kappa shape index (κ2) is 6.20. The van der Waals surface area contributed by atoms with Crippen molar-refractivity contribution < 1.29 is 9.66 Å². The van der Waals surface area contributed by atoms with Gasteiger partial charge in [0.1, 0.15) is 6.10 Å². The molecule has 0 aliphatic heterocycles. The summed E-state index contributed by atoms with van der Waals surface area (Å²) in [4.78, 5) is 10.6. The number of rotatable bonds is 6. The number of nitro benzene ring substituents is 1. The van der Waals surface area contributed by atoms with Gasteiger partial charge in [-0.2, -0.15) is 0 Å². The van der Waals surface area contributed by atoms with E-state index in [4.69, 9.17) is 16.3 Å². The highest BCUT2D eigenvalue weighted by Gasteiger charge is 2.50. The normalized spacial score (nSPS) is 23.4. The molecular formula is C15H21ClN2O3. The van der Waals surface area contributed by atoms with Crippen LogP contribution in [0.2, 0.25) is 5.02 Å². The first-order chi connectivity index (χ1) is 9.86. The molecule has 1 aromatic rings. The number of benzene rings is 1. The highest BCUT2D eigenvalue weighted by molar-refractivity contribution is 6.30. The lowest BCUT2D eigenvalue weighted by Crippen LogP contribution is -2.62. The summed E-state index contributed by atoms with van der Waals surface area (Å²) >= 11 is 5.81. The molecular weight excluding hydrogens is 292 g/mol. The van der Waals surface area contributed by atoms with Gasteiger partial charge < -0.3 is 10.1 Å². The van der Waals surface area contributed by atoms with Crippen molar-refractivity contribution in [2.75, 3.05) is 6.54 Å². The molecule has 1 aromatic carbocycles. The van der Waals surface area contributed by atoms with Crippen LogP contribution in [-0.2, 0) is 0 Å². The minimum absolute atomic E-state index is 0.0354. The van der Waals surface area contributed by atoms with Crippen molar-refractivity contribution in [1.82, 2.24) is 5.32 Å². The van der Waals surface area contributed by atoms with Gasteiger partial charge >= 0.3 is 5.69 Å². The van der Waals surface area contributed by atoms with Gasteiger partial charge in [0.05, 0.1) is 4.92 Å². The fraction of sp³-hybridized carbons (Fsp3) is 0.600. The molecule has 2 atom stereocenters. The molecule has 0 saturated heterocycles. The summed E-state index contributed by atoms with van der Waals surface area (Å²) in [5.41, 5.74) is -0.133. The average molecular weight is 313 g/mol. The van der Waals surface area contributed by atoms with Crippen LogP contribution in [0.5, 0.6) is 5.75 Å². The molecule has 116 valence electrons. The lowest BCUT2D eigenvalue weighted by molar-refractivity contribution is -0.386. The van der Waals surface area contributed by atoms with Gasteiger partial charge in [-0.3, -0.25) is 10.1 Å². The van der Waals surface area contributed by atoms with Crippen LogP contribution in [0.3, 0.4) is 0 Å². The van der Waals surface area contributed by atoms with Crippen molar-refractivity contribution in [3.63, 3.8) is 0 Å². The second-order valence-electron chi connectivity index (χ2n) is 6.04. The molecule has 1 aliphatic rings. The van der Waals surface area contributed by atoms with E-state index in [1.807, 2.05) is 0 Å². The minimum atomic E-state index is -0.459. The van der Waals surface area contributed by atoms with Crippen LogP contribution in [0.4, 0.5) is 5.69 Å². The summed E-state index contributed by atoms with van der Waals surface area (Å²) in [5, 5.41) is 14.9. The zero-order valence-corrected chi connectivity index (χ0v) is 13.3. The highest BCUT2D eigenvalue weighted by atomic mass is 35.5. The topological polar surface area (TPSA) is 64.4 Å². The van der Waals surface area contributed by atoms with Gasteiger partial charge in [0.15, 0.2) is 5.75 Å². The number of hydrogen-bond donors (Lipinski definition) is 1. The molecule has 6 heteroatoms. The molecule has 0 heterocycles. The smallest absolute Gasteiger partial charge is 0.312 e. The number of nitrogens with one attached hydrogen (secondary N) is 1. The van der Waals surface area contributed by atoms with Gasteiger partial charge in [0.2, 0.25) is 0 Å². The fourth-order valence-corrected chi connectivity index (χ4v) is 2.80. The molecule has 2 rings (SSSR count). The Kier molecular flexibility index (Phi) is 4.74. The molecule has 0 radical (unpaired) electrons. The van der Waals surface area contributed by atoms with E-state index < -0.39 is 4.92 Å². The van der Waals surface area contributed by atoms with Crippen LogP contribution >= 0.6 is 11.6 Å². The molecule has 2 unspecified atom stereocenters. The van der Waals surface area contributed by atoms with Gasteiger partial charge in [-0.15, -0.1) is 0 Å². The standard InChI is InChI=1S/C15H21ClN2O3/c1-4-7-17-13-9-14(15(13,2)3)21-12-6-5-10(16)8-11(12)18(19)20/h5-6,8,13-14,17H,4,7,9H2,1-3H3. The van der Waals surface area contributed by atoms with Crippen molar-refractivity contribution >= 4 is 17.3 Å². The lowest BCUT2D eigenvalue weighted by atomic mass is 9.64. The van der Waals surface area contributed by atoms with Gasteiger partial charge in [-0.25, -0.2) is 0 Å². The van der Waals surface area contributed by atoms with Crippen LogP contribution in [0.15, 0.2) is 18.2 Å². The number of nitrogens with zero attached hydrogens (tertiary/aromatic N) is 1. The van der Waals surface area contributed by atoms with E-state index in [1.54, 1.807) is 12.1 Å². The molecule has 0 spiro atoms. The lowest BCUT2D eigenvalue weighted by Gasteiger charge is -2.51. The Hall–Kier alpha value is -1.33. The van der Waals surface area contributed by atoms with E-state index in [1.165, 1.54) is 6.07 Å². The zero-order valence-electron chi connectivity index (χ0n) is 12.6. The quantitative estimate of drug-likeness (QED) is 0.641. The van der Waals surface area contributed by atoms with E-state index >= 15 is 0 Å². The van der Waals surface area contributed by atoms with Crippen molar-refractivity contribution in [2.45, 2.75) is 45.8 Å². The summed E-state index contributed by atoms with van der Waals surface area (Å²) in [6.07, 6.45) is 1.90. The van der Waals surface area contributed by atoms with E-state index in [2.05, 4.69) is 26.1 Å². The van der Waals surface area contributed by atoms with Crippen LogP contribution in [0, 0.1) is 15.5 Å². The number of ether oxygens (including phenoxy) is 1. The van der Waals surface area contributed by atoms with Gasteiger partial charge in [0, 0.05) is 29.0 Å². The van der Waals surface area contributed by atoms with E-state index in [0.717, 1.165) is 19.4 Å². The second-order valence-corrected chi connectivity index (χ2v) is 6.48. The molecule has 1 saturated carbocycles. The van der Waals surface area contributed by atoms with Gasteiger partial charge in [-0.1, -0.05) is 32.4 Å². The first-order valence-corrected chi connectivity index (χ1v) is 7.58. The van der Waals surface area contributed by atoms with Crippen molar-refractivity contribution in [2.24, 2.45) is 5.41 Å². The van der Waals surface area contributed by atoms with Crippen molar-refractivity contribution in [3.05, 3.63) is 33.3 Å². The maximum Gasteiger partial charge on any atom is 0.312 e. The van der Waals surface area contributed by atoms with Crippen molar-refractivity contribution in [3.8, 4) is 5.75 Å². The largest absolute Gasteiger partial charge is 0.483 e. The van der Waals surface area contributed by atoms with Gasteiger partial charge in [0.25, 0.3) is 0 Å². The molecule has 21 heavy (non-hydrogen) atoms. The Morgan fingerprint density at radius 1 is 1.52 bits per heavy atom.